The molecular weight excluding hydrogens is 403 g/mol. The Kier molecular flexibility index (Phi) is 4.95. The standard InChI is InChI=1S/C19H14Cl2N4OS/c1-26-12-4-6-15-16(10-12)25(17-7-8-22-19(24-17)27-2)18(23-15)11-3-5-13(20)14(21)9-11/h3-10H,1-2H3. The van der Waals surface area contributed by atoms with Crippen LogP contribution in [0.15, 0.2) is 53.8 Å². The number of aromatic nitrogens is 4. The highest BCUT2D eigenvalue weighted by atomic mass is 35.5. The third-order valence-corrected chi connectivity index (χ3v) is 5.37. The van der Waals surface area contributed by atoms with Crippen LogP contribution < -0.4 is 4.74 Å². The Morgan fingerprint density at radius 3 is 2.59 bits per heavy atom. The lowest BCUT2D eigenvalue weighted by atomic mass is 10.2. The Morgan fingerprint density at radius 2 is 1.85 bits per heavy atom. The zero-order valence-corrected chi connectivity index (χ0v) is 16.8. The van der Waals surface area contributed by atoms with Gasteiger partial charge in [-0.3, -0.25) is 4.57 Å². The molecule has 0 unspecified atom stereocenters. The highest BCUT2D eigenvalue weighted by Crippen LogP contribution is 2.33. The van der Waals surface area contributed by atoms with Crippen LogP contribution in [0.3, 0.4) is 0 Å². The molecule has 0 N–H and O–H groups in total. The summed E-state index contributed by atoms with van der Waals surface area (Å²) in [7, 11) is 1.64. The molecule has 0 aliphatic heterocycles. The fourth-order valence-corrected chi connectivity index (χ4v) is 3.45. The smallest absolute Gasteiger partial charge is 0.189 e. The summed E-state index contributed by atoms with van der Waals surface area (Å²) in [4.78, 5) is 13.7. The Hall–Kier alpha value is -2.28. The van der Waals surface area contributed by atoms with Crippen molar-refractivity contribution in [3.05, 3.63) is 58.7 Å². The maximum Gasteiger partial charge on any atom is 0.189 e. The monoisotopic (exact) mass is 416 g/mol. The van der Waals surface area contributed by atoms with Crippen LogP contribution in [-0.4, -0.2) is 32.9 Å². The maximum atomic E-state index is 6.24. The number of fused-ring (bicyclic) bond motifs is 1. The molecule has 0 saturated heterocycles. The molecule has 4 aromatic rings. The fourth-order valence-electron chi connectivity index (χ4n) is 2.80. The lowest BCUT2D eigenvalue weighted by Gasteiger charge is -2.10. The molecule has 136 valence electrons. The molecular formula is C19H14Cl2N4OS. The Bertz CT molecular complexity index is 1150. The van der Waals surface area contributed by atoms with Crippen molar-refractivity contribution in [3.63, 3.8) is 0 Å². The Labute approximate surface area is 170 Å². The quantitative estimate of drug-likeness (QED) is 0.323. The van der Waals surface area contributed by atoms with E-state index in [1.54, 1.807) is 25.4 Å². The molecule has 5 nitrogen and oxygen atoms in total. The first kappa shape index (κ1) is 18.1. The number of thioether (sulfide) groups is 1. The minimum absolute atomic E-state index is 0.470. The zero-order chi connectivity index (χ0) is 19.0. The summed E-state index contributed by atoms with van der Waals surface area (Å²) < 4.78 is 7.36. The zero-order valence-electron chi connectivity index (χ0n) is 14.5. The molecule has 0 aliphatic carbocycles. The summed E-state index contributed by atoms with van der Waals surface area (Å²) in [5, 5.41) is 1.65. The molecule has 0 amide bonds. The van der Waals surface area contributed by atoms with Gasteiger partial charge in [-0.1, -0.05) is 35.0 Å². The number of imidazole rings is 1. The van der Waals surface area contributed by atoms with Crippen LogP contribution in [0.1, 0.15) is 0 Å². The van der Waals surface area contributed by atoms with Crippen molar-refractivity contribution in [2.24, 2.45) is 0 Å². The number of halogens is 2. The maximum absolute atomic E-state index is 6.24. The number of nitrogens with zero attached hydrogens (tertiary/aromatic N) is 4. The van der Waals surface area contributed by atoms with Crippen molar-refractivity contribution in [1.82, 2.24) is 19.5 Å². The predicted molar refractivity (Wildman–Crippen MR) is 110 cm³/mol. The van der Waals surface area contributed by atoms with E-state index in [1.807, 2.05) is 41.2 Å². The normalized spacial score (nSPS) is 11.1. The van der Waals surface area contributed by atoms with Gasteiger partial charge in [0.25, 0.3) is 0 Å². The van der Waals surface area contributed by atoms with Gasteiger partial charge >= 0.3 is 0 Å². The van der Waals surface area contributed by atoms with Gasteiger partial charge in [0.1, 0.15) is 17.4 Å². The number of rotatable bonds is 4. The minimum atomic E-state index is 0.470. The second kappa shape index (κ2) is 7.38. The summed E-state index contributed by atoms with van der Waals surface area (Å²) in [6.45, 7) is 0. The Balaban J connectivity index is 2.04. The van der Waals surface area contributed by atoms with Crippen LogP contribution in [-0.2, 0) is 0 Å². The summed E-state index contributed by atoms with van der Waals surface area (Å²) in [6, 6.07) is 13.0. The first-order valence-electron chi connectivity index (χ1n) is 8.00. The van der Waals surface area contributed by atoms with E-state index in [2.05, 4.69) is 9.97 Å². The van der Waals surface area contributed by atoms with E-state index in [1.165, 1.54) is 11.8 Å². The predicted octanol–water partition coefficient (Wildman–Crippen LogP) is 5.52. The van der Waals surface area contributed by atoms with E-state index < -0.39 is 0 Å². The molecule has 2 heterocycles. The van der Waals surface area contributed by atoms with Crippen LogP contribution in [0.25, 0.3) is 28.2 Å². The van der Waals surface area contributed by atoms with E-state index in [0.717, 1.165) is 22.3 Å². The topological polar surface area (TPSA) is 52.8 Å². The summed E-state index contributed by atoms with van der Waals surface area (Å²) in [5.74, 6) is 2.16. The van der Waals surface area contributed by atoms with Gasteiger partial charge in [-0.2, -0.15) is 0 Å². The van der Waals surface area contributed by atoms with Gasteiger partial charge in [-0.15, -0.1) is 0 Å². The van der Waals surface area contributed by atoms with Crippen molar-refractivity contribution < 1.29 is 4.74 Å². The van der Waals surface area contributed by atoms with E-state index in [0.29, 0.717) is 26.8 Å². The highest BCUT2D eigenvalue weighted by Gasteiger charge is 2.17. The molecule has 2 aromatic heterocycles. The van der Waals surface area contributed by atoms with Crippen molar-refractivity contribution in [3.8, 4) is 23.0 Å². The third-order valence-electron chi connectivity index (χ3n) is 4.07. The molecule has 0 atom stereocenters. The molecule has 0 saturated carbocycles. The van der Waals surface area contributed by atoms with Crippen LogP contribution >= 0.6 is 35.0 Å². The van der Waals surface area contributed by atoms with Gasteiger partial charge < -0.3 is 4.74 Å². The fraction of sp³-hybridized carbons (Fsp3) is 0.105. The number of ether oxygens (including phenoxy) is 1. The molecule has 27 heavy (non-hydrogen) atoms. The van der Waals surface area contributed by atoms with E-state index >= 15 is 0 Å². The number of hydrogen-bond donors (Lipinski definition) is 0. The van der Waals surface area contributed by atoms with Crippen molar-refractivity contribution in [2.45, 2.75) is 5.16 Å². The third kappa shape index (κ3) is 3.36. The van der Waals surface area contributed by atoms with Crippen LogP contribution in [0.5, 0.6) is 5.75 Å². The molecule has 0 spiro atoms. The average molecular weight is 417 g/mol. The van der Waals surface area contributed by atoms with Crippen LogP contribution in [0, 0.1) is 0 Å². The van der Waals surface area contributed by atoms with Crippen LogP contribution in [0.4, 0.5) is 0 Å². The van der Waals surface area contributed by atoms with Gasteiger partial charge in [-0.05, 0) is 42.7 Å². The average Bonchev–Trinajstić information content (AvgIpc) is 3.08. The molecule has 0 fully saturated rings. The molecule has 2 aromatic carbocycles. The minimum Gasteiger partial charge on any atom is -0.497 e. The van der Waals surface area contributed by atoms with Crippen molar-refractivity contribution >= 4 is 46.0 Å². The SMILES string of the molecule is COc1ccc2nc(-c3ccc(Cl)c(Cl)c3)n(-c3ccnc(SC)n3)c2c1. The number of hydrogen-bond acceptors (Lipinski definition) is 5. The van der Waals surface area contributed by atoms with Crippen molar-refractivity contribution in [1.29, 1.82) is 0 Å². The molecule has 8 heteroatoms. The molecule has 0 bridgehead atoms. The summed E-state index contributed by atoms with van der Waals surface area (Å²) in [5.41, 5.74) is 2.53. The second-order valence-electron chi connectivity index (χ2n) is 5.66. The number of methoxy groups -OCH3 is 1. The molecule has 4 rings (SSSR count). The van der Waals surface area contributed by atoms with E-state index in [4.69, 9.17) is 32.9 Å². The van der Waals surface area contributed by atoms with Crippen LogP contribution in [0.2, 0.25) is 10.0 Å². The lowest BCUT2D eigenvalue weighted by Crippen LogP contribution is -2.02. The molecule has 0 aliphatic rings. The highest BCUT2D eigenvalue weighted by molar-refractivity contribution is 7.98. The first-order chi connectivity index (χ1) is 13.1. The summed E-state index contributed by atoms with van der Waals surface area (Å²) >= 11 is 13.8. The largest absolute Gasteiger partial charge is 0.497 e. The first-order valence-corrected chi connectivity index (χ1v) is 9.98. The van der Waals surface area contributed by atoms with Gasteiger partial charge in [0.2, 0.25) is 0 Å². The van der Waals surface area contributed by atoms with Crippen molar-refractivity contribution in [2.75, 3.05) is 13.4 Å². The van der Waals surface area contributed by atoms with Gasteiger partial charge in [0.05, 0.1) is 28.2 Å². The Morgan fingerprint density at radius 1 is 1.00 bits per heavy atom. The summed E-state index contributed by atoms with van der Waals surface area (Å²) in [6.07, 6.45) is 3.67. The van der Waals surface area contributed by atoms with Gasteiger partial charge in [-0.25, -0.2) is 15.0 Å². The van der Waals surface area contributed by atoms with E-state index in [-0.39, 0.29) is 0 Å². The van der Waals surface area contributed by atoms with Gasteiger partial charge in [0, 0.05) is 17.8 Å². The molecule has 0 radical (unpaired) electrons. The lowest BCUT2D eigenvalue weighted by molar-refractivity contribution is 0.415. The van der Waals surface area contributed by atoms with E-state index in [9.17, 15) is 0 Å². The van der Waals surface area contributed by atoms with Gasteiger partial charge in [0.15, 0.2) is 5.16 Å². The second-order valence-corrected chi connectivity index (χ2v) is 7.24. The number of benzene rings is 2.